The Labute approximate surface area is 91.9 Å². The van der Waals surface area contributed by atoms with Gasteiger partial charge in [0.1, 0.15) is 0 Å². The average Bonchev–Trinajstić information content (AvgIpc) is 2.18. The predicted molar refractivity (Wildman–Crippen MR) is 57.0 cm³/mol. The molecule has 16 heavy (non-hydrogen) atoms. The summed E-state index contributed by atoms with van der Waals surface area (Å²) in [5, 5.41) is 2.97. The van der Waals surface area contributed by atoms with Crippen molar-refractivity contribution in [1.29, 1.82) is 0 Å². The number of hydrogen-bond donors (Lipinski definition) is 2. The van der Waals surface area contributed by atoms with Crippen molar-refractivity contribution < 1.29 is 13.2 Å². The van der Waals surface area contributed by atoms with Crippen LogP contribution in [0.3, 0.4) is 0 Å². The molecule has 0 amide bonds. The van der Waals surface area contributed by atoms with Gasteiger partial charge in [-0.1, -0.05) is 0 Å². The number of rotatable bonds is 5. The molecular formula is C10H14F3N3. The van der Waals surface area contributed by atoms with E-state index in [2.05, 4.69) is 10.3 Å². The fourth-order valence-corrected chi connectivity index (χ4v) is 1.24. The number of nitrogens with one attached hydrogen (secondary N) is 1. The van der Waals surface area contributed by atoms with Gasteiger partial charge in [0, 0.05) is 19.2 Å². The van der Waals surface area contributed by atoms with Crippen molar-refractivity contribution in [3.05, 3.63) is 18.5 Å². The van der Waals surface area contributed by atoms with Crippen LogP contribution in [-0.4, -0.2) is 17.7 Å². The summed E-state index contributed by atoms with van der Waals surface area (Å²) >= 11 is 0. The first-order valence-electron chi connectivity index (χ1n) is 4.99. The minimum atomic E-state index is -4.06. The molecule has 1 rings (SSSR count). The van der Waals surface area contributed by atoms with Crippen molar-refractivity contribution in [3.63, 3.8) is 0 Å². The third kappa shape index (κ3) is 4.86. The molecule has 0 unspecified atom stereocenters. The van der Waals surface area contributed by atoms with E-state index < -0.39 is 12.6 Å². The number of halogens is 3. The van der Waals surface area contributed by atoms with Gasteiger partial charge < -0.3 is 11.1 Å². The molecular weight excluding hydrogens is 219 g/mol. The summed E-state index contributed by atoms with van der Waals surface area (Å²) in [4.78, 5) is 3.81. The highest BCUT2D eigenvalue weighted by Crippen LogP contribution is 2.22. The molecule has 0 fully saturated rings. The summed E-state index contributed by atoms with van der Waals surface area (Å²) in [6, 6.07) is 1.69. The highest BCUT2D eigenvalue weighted by molar-refractivity contribution is 5.63. The van der Waals surface area contributed by atoms with Crippen LogP contribution >= 0.6 is 0 Å². The first-order chi connectivity index (χ1) is 7.49. The summed E-state index contributed by atoms with van der Waals surface area (Å²) in [5.41, 5.74) is 6.81. The van der Waals surface area contributed by atoms with Crippen molar-refractivity contribution in [2.45, 2.75) is 25.4 Å². The van der Waals surface area contributed by atoms with Gasteiger partial charge in [-0.2, -0.15) is 13.2 Å². The normalized spacial score (nSPS) is 11.4. The van der Waals surface area contributed by atoms with Gasteiger partial charge in [-0.05, 0) is 18.9 Å². The fourth-order valence-electron chi connectivity index (χ4n) is 1.24. The molecule has 0 saturated heterocycles. The van der Waals surface area contributed by atoms with Gasteiger partial charge in [0.25, 0.3) is 0 Å². The summed E-state index contributed by atoms with van der Waals surface area (Å²) in [7, 11) is 0. The van der Waals surface area contributed by atoms with E-state index in [0.29, 0.717) is 24.3 Å². The zero-order chi connectivity index (χ0) is 12.0. The minimum Gasteiger partial charge on any atom is -0.396 e. The van der Waals surface area contributed by atoms with E-state index in [0.717, 1.165) is 0 Å². The quantitative estimate of drug-likeness (QED) is 0.769. The van der Waals surface area contributed by atoms with Gasteiger partial charge in [-0.15, -0.1) is 0 Å². The lowest BCUT2D eigenvalue weighted by Gasteiger charge is -2.09. The maximum atomic E-state index is 11.8. The molecule has 90 valence electrons. The number of pyridine rings is 1. The Morgan fingerprint density at radius 1 is 1.31 bits per heavy atom. The molecule has 1 heterocycles. The van der Waals surface area contributed by atoms with Crippen LogP contribution in [0.4, 0.5) is 24.5 Å². The second kappa shape index (κ2) is 5.58. The van der Waals surface area contributed by atoms with Crippen molar-refractivity contribution >= 4 is 11.4 Å². The Kier molecular flexibility index (Phi) is 4.39. The lowest BCUT2D eigenvalue weighted by molar-refractivity contribution is -0.135. The zero-order valence-corrected chi connectivity index (χ0v) is 8.72. The van der Waals surface area contributed by atoms with Crippen molar-refractivity contribution in [2.24, 2.45) is 0 Å². The van der Waals surface area contributed by atoms with Gasteiger partial charge in [0.15, 0.2) is 0 Å². The van der Waals surface area contributed by atoms with E-state index in [9.17, 15) is 13.2 Å². The number of nitrogens with zero attached hydrogens (tertiary/aromatic N) is 1. The third-order valence-electron chi connectivity index (χ3n) is 2.05. The molecule has 0 atom stereocenters. The number of nitrogen functional groups attached to an aromatic ring is 1. The van der Waals surface area contributed by atoms with Gasteiger partial charge >= 0.3 is 6.18 Å². The number of aromatic nitrogens is 1. The Balaban J connectivity index is 2.19. The Hall–Kier alpha value is -1.46. The van der Waals surface area contributed by atoms with Gasteiger partial charge in [-0.3, -0.25) is 4.98 Å². The van der Waals surface area contributed by atoms with Crippen LogP contribution in [-0.2, 0) is 0 Å². The molecule has 6 heteroatoms. The van der Waals surface area contributed by atoms with Crippen LogP contribution in [0.2, 0.25) is 0 Å². The molecule has 0 aromatic carbocycles. The van der Waals surface area contributed by atoms with E-state index >= 15 is 0 Å². The molecule has 0 radical (unpaired) electrons. The number of unbranched alkanes of at least 4 members (excludes halogenated alkanes) is 1. The smallest absolute Gasteiger partial charge is 0.389 e. The molecule has 0 aliphatic rings. The highest BCUT2D eigenvalue weighted by Gasteiger charge is 2.25. The molecule has 0 aliphatic heterocycles. The predicted octanol–water partition coefficient (Wildman–Crippen LogP) is 2.81. The molecule has 1 aromatic rings. The molecule has 0 aliphatic carbocycles. The van der Waals surface area contributed by atoms with E-state index in [4.69, 9.17) is 5.73 Å². The SMILES string of the molecule is Nc1cnccc1NCCCCC(F)(F)F. The number of hydrogen-bond acceptors (Lipinski definition) is 3. The summed E-state index contributed by atoms with van der Waals surface area (Å²) in [6.07, 6.45) is -1.13. The van der Waals surface area contributed by atoms with Gasteiger partial charge in [0.05, 0.1) is 17.6 Å². The first-order valence-corrected chi connectivity index (χ1v) is 4.99. The molecule has 0 bridgehead atoms. The molecule has 0 saturated carbocycles. The minimum absolute atomic E-state index is 0.126. The summed E-state index contributed by atoms with van der Waals surface area (Å²) in [5.74, 6) is 0. The Bertz CT molecular complexity index is 325. The highest BCUT2D eigenvalue weighted by atomic mass is 19.4. The van der Waals surface area contributed by atoms with Crippen LogP contribution in [0.1, 0.15) is 19.3 Å². The number of alkyl halides is 3. The van der Waals surface area contributed by atoms with E-state index in [-0.39, 0.29) is 6.42 Å². The average molecular weight is 233 g/mol. The third-order valence-corrected chi connectivity index (χ3v) is 2.05. The Morgan fingerprint density at radius 3 is 2.69 bits per heavy atom. The van der Waals surface area contributed by atoms with Crippen molar-refractivity contribution in [1.82, 2.24) is 4.98 Å². The monoisotopic (exact) mass is 233 g/mol. The molecule has 0 spiro atoms. The lowest BCUT2D eigenvalue weighted by atomic mass is 10.2. The van der Waals surface area contributed by atoms with Crippen LogP contribution in [0.25, 0.3) is 0 Å². The summed E-state index contributed by atoms with van der Waals surface area (Å²) in [6.45, 7) is 0.476. The van der Waals surface area contributed by atoms with Gasteiger partial charge in [0.2, 0.25) is 0 Å². The van der Waals surface area contributed by atoms with Crippen molar-refractivity contribution in [3.8, 4) is 0 Å². The van der Waals surface area contributed by atoms with Crippen LogP contribution in [0.15, 0.2) is 18.5 Å². The number of anilines is 2. The second-order valence-electron chi connectivity index (χ2n) is 3.46. The van der Waals surface area contributed by atoms with Crippen LogP contribution < -0.4 is 11.1 Å². The van der Waals surface area contributed by atoms with E-state index in [1.54, 1.807) is 12.3 Å². The summed E-state index contributed by atoms with van der Waals surface area (Å²) < 4.78 is 35.5. The molecule has 1 aromatic heterocycles. The first kappa shape index (κ1) is 12.6. The molecule has 3 N–H and O–H groups in total. The van der Waals surface area contributed by atoms with Crippen molar-refractivity contribution in [2.75, 3.05) is 17.6 Å². The molecule has 3 nitrogen and oxygen atoms in total. The second-order valence-corrected chi connectivity index (χ2v) is 3.46. The number of nitrogens with two attached hydrogens (primary N) is 1. The maximum absolute atomic E-state index is 11.8. The van der Waals surface area contributed by atoms with Gasteiger partial charge in [-0.25, -0.2) is 0 Å². The topological polar surface area (TPSA) is 50.9 Å². The Morgan fingerprint density at radius 2 is 2.06 bits per heavy atom. The largest absolute Gasteiger partial charge is 0.396 e. The maximum Gasteiger partial charge on any atom is 0.389 e. The lowest BCUT2D eigenvalue weighted by Crippen LogP contribution is -2.09. The zero-order valence-electron chi connectivity index (χ0n) is 8.72. The van der Waals surface area contributed by atoms with E-state index in [1.807, 2.05) is 0 Å². The fraction of sp³-hybridized carbons (Fsp3) is 0.500. The van der Waals surface area contributed by atoms with Crippen LogP contribution in [0, 0.1) is 0 Å². The van der Waals surface area contributed by atoms with Crippen LogP contribution in [0.5, 0.6) is 0 Å². The van der Waals surface area contributed by atoms with E-state index in [1.165, 1.54) is 6.20 Å². The standard InChI is InChI=1S/C10H14F3N3/c11-10(12,13)4-1-2-5-16-9-3-6-15-7-8(9)14/h3,6-7H,1-2,4-5,14H2,(H,15,16).